The van der Waals surface area contributed by atoms with Gasteiger partial charge >= 0.3 is 0 Å². The Morgan fingerprint density at radius 1 is 1.13 bits per heavy atom. The summed E-state index contributed by atoms with van der Waals surface area (Å²) >= 11 is 5.96. The molecule has 2 unspecified atom stereocenters. The van der Waals surface area contributed by atoms with Crippen LogP contribution in [0.15, 0.2) is 54.1 Å². The monoisotopic (exact) mass is 425 g/mol. The Morgan fingerprint density at radius 3 is 2.43 bits per heavy atom. The number of benzene rings is 2. The number of nitrogens with zero attached hydrogens (tertiary/aromatic N) is 1. The zero-order valence-electron chi connectivity index (χ0n) is 16.8. The molecular weight excluding hydrogens is 402 g/mol. The Kier molecular flexibility index (Phi) is 5.93. The number of amides is 1. The van der Waals surface area contributed by atoms with Crippen LogP contribution in [0.2, 0.25) is 5.02 Å². The van der Waals surface area contributed by atoms with Gasteiger partial charge in [0.2, 0.25) is 0 Å². The third-order valence-corrected chi connectivity index (χ3v) is 6.04. The van der Waals surface area contributed by atoms with Gasteiger partial charge in [0, 0.05) is 23.7 Å². The number of aliphatic hydroxyl groups is 1. The number of halogens is 1. The highest BCUT2D eigenvalue weighted by molar-refractivity contribution is 6.46. The third kappa shape index (κ3) is 3.87. The fraction of sp³-hybridized carbons (Fsp3) is 0.333. The fourth-order valence-electron chi connectivity index (χ4n) is 4.12. The maximum Gasteiger partial charge on any atom is 0.295 e. The molecule has 2 aliphatic heterocycles. The normalized spacial score (nSPS) is 23.3. The highest BCUT2D eigenvalue weighted by Crippen LogP contribution is 2.40. The molecule has 0 saturated carbocycles. The predicted molar refractivity (Wildman–Crippen MR) is 115 cm³/mol. The van der Waals surface area contributed by atoms with Gasteiger partial charge in [-0.1, -0.05) is 42.8 Å². The summed E-state index contributed by atoms with van der Waals surface area (Å²) in [6, 6.07) is 13.7. The van der Waals surface area contributed by atoms with Gasteiger partial charge in [0.25, 0.3) is 11.7 Å². The van der Waals surface area contributed by atoms with Crippen molar-refractivity contribution in [1.82, 2.24) is 4.90 Å². The van der Waals surface area contributed by atoms with E-state index < -0.39 is 17.7 Å². The Labute approximate surface area is 180 Å². The molecule has 1 N–H and O–H groups in total. The van der Waals surface area contributed by atoms with Gasteiger partial charge in [-0.2, -0.15) is 0 Å². The van der Waals surface area contributed by atoms with Crippen molar-refractivity contribution < 1.29 is 19.4 Å². The zero-order chi connectivity index (χ0) is 21.3. The summed E-state index contributed by atoms with van der Waals surface area (Å²) in [5.41, 5.74) is 2.50. The molecule has 0 aromatic heterocycles. The number of aryl methyl sites for hydroxylation is 1. The lowest BCUT2D eigenvalue weighted by atomic mass is 9.94. The lowest BCUT2D eigenvalue weighted by molar-refractivity contribution is -0.140. The van der Waals surface area contributed by atoms with Gasteiger partial charge in [0.1, 0.15) is 5.76 Å². The number of Topliss-reactive ketones (excluding diaryl/α,β-unsaturated/α-hetero) is 1. The molecule has 0 spiro atoms. The van der Waals surface area contributed by atoms with E-state index in [0.717, 1.165) is 30.4 Å². The summed E-state index contributed by atoms with van der Waals surface area (Å²) in [4.78, 5) is 27.5. The first kappa shape index (κ1) is 20.6. The summed E-state index contributed by atoms with van der Waals surface area (Å²) < 4.78 is 5.71. The summed E-state index contributed by atoms with van der Waals surface area (Å²) in [6.07, 6.45) is 2.58. The number of carbonyl (C=O) groups excluding carboxylic acids is 2. The van der Waals surface area contributed by atoms with Crippen LogP contribution >= 0.6 is 11.6 Å². The molecule has 6 heteroatoms. The van der Waals surface area contributed by atoms with Gasteiger partial charge in [0.15, 0.2) is 0 Å². The van der Waals surface area contributed by atoms with E-state index in [-0.39, 0.29) is 17.4 Å². The summed E-state index contributed by atoms with van der Waals surface area (Å²) in [6.45, 7) is 3.05. The number of carbonyl (C=O) groups is 2. The highest BCUT2D eigenvalue weighted by Gasteiger charge is 2.47. The molecule has 2 aromatic carbocycles. The number of aliphatic hydroxyl groups excluding tert-OH is 1. The molecule has 5 nitrogen and oxygen atoms in total. The fourth-order valence-corrected chi connectivity index (χ4v) is 4.25. The second-order valence-corrected chi connectivity index (χ2v) is 8.12. The molecule has 4 rings (SSSR count). The number of hydrogen-bond donors (Lipinski definition) is 1. The largest absolute Gasteiger partial charge is 0.507 e. The molecule has 30 heavy (non-hydrogen) atoms. The van der Waals surface area contributed by atoms with Crippen molar-refractivity contribution in [2.45, 2.75) is 38.3 Å². The van der Waals surface area contributed by atoms with Crippen LogP contribution in [0.3, 0.4) is 0 Å². The molecule has 2 saturated heterocycles. The molecule has 2 fully saturated rings. The van der Waals surface area contributed by atoms with Gasteiger partial charge < -0.3 is 14.7 Å². The average molecular weight is 426 g/mol. The molecule has 2 heterocycles. The molecular formula is C24H24ClNO4. The van der Waals surface area contributed by atoms with Gasteiger partial charge in [-0.05, 0) is 54.7 Å². The van der Waals surface area contributed by atoms with Gasteiger partial charge in [-0.3, -0.25) is 9.59 Å². The smallest absolute Gasteiger partial charge is 0.295 e. The highest BCUT2D eigenvalue weighted by atomic mass is 35.5. The Hall–Kier alpha value is -2.63. The lowest BCUT2D eigenvalue weighted by Crippen LogP contribution is -2.36. The molecule has 1 amide bonds. The van der Waals surface area contributed by atoms with Crippen LogP contribution in [0.1, 0.15) is 42.5 Å². The van der Waals surface area contributed by atoms with E-state index in [1.54, 1.807) is 29.2 Å². The van der Waals surface area contributed by atoms with Crippen LogP contribution in [0.25, 0.3) is 5.76 Å². The topological polar surface area (TPSA) is 66.8 Å². The van der Waals surface area contributed by atoms with E-state index in [1.807, 2.05) is 24.3 Å². The van der Waals surface area contributed by atoms with Crippen molar-refractivity contribution in [2.75, 3.05) is 13.2 Å². The number of ketones is 1. The number of rotatable bonds is 5. The van der Waals surface area contributed by atoms with Crippen molar-refractivity contribution in [2.24, 2.45) is 0 Å². The first-order valence-corrected chi connectivity index (χ1v) is 10.6. The molecule has 2 aliphatic rings. The van der Waals surface area contributed by atoms with Gasteiger partial charge in [0.05, 0.1) is 17.7 Å². The van der Waals surface area contributed by atoms with Crippen molar-refractivity contribution in [3.8, 4) is 0 Å². The van der Waals surface area contributed by atoms with Crippen molar-refractivity contribution >= 4 is 29.1 Å². The second-order valence-electron chi connectivity index (χ2n) is 7.69. The molecule has 0 bridgehead atoms. The minimum absolute atomic E-state index is 0.101. The molecule has 2 aromatic rings. The van der Waals surface area contributed by atoms with Crippen LogP contribution in [-0.4, -0.2) is 41.0 Å². The standard InChI is InChI=1S/C24H24ClNO4/c1-2-15-5-7-16(8-6-15)21-20(22(27)17-9-11-18(25)12-10-17)23(28)24(29)26(21)14-19-4-3-13-30-19/h5-12,19,21,27H,2-4,13-14H2,1H3/b22-20-. The second kappa shape index (κ2) is 8.62. The van der Waals surface area contributed by atoms with E-state index in [4.69, 9.17) is 16.3 Å². The van der Waals surface area contributed by atoms with E-state index in [2.05, 4.69) is 6.92 Å². The van der Waals surface area contributed by atoms with Gasteiger partial charge in [-0.15, -0.1) is 0 Å². The molecule has 0 aliphatic carbocycles. The first-order chi connectivity index (χ1) is 14.5. The van der Waals surface area contributed by atoms with Crippen LogP contribution in [0.4, 0.5) is 0 Å². The number of ether oxygens (including phenoxy) is 1. The summed E-state index contributed by atoms with van der Waals surface area (Å²) in [5.74, 6) is -1.47. The third-order valence-electron chi connectivity index (χ3n) is 5.79. The zero-order valence-corrected chi connectivity index (χ0v) is 17.6. The predicted octanol–water partition coefficient (Wildman–Crippen LogP) is 4.50. The van der Waals surface area contributed by atoms with Crippen molar-refractivity contribution in [3.63, 3.8) is 0 Å². The molecule has 2 atom stereocenters. The van der Waals surface area contributed by atoms with Crippen LogP contribution in [-0.2, 0) is 20.7 Å². The Balaban J connectivity index is 1.80. The van der Waals surface area contributed by atoms with E-state index >= 15 is 0 Å². The minimum Gasteiger partial charge on any atom is -0.507 e. The summed E-state index contributed by atoms with van der Waals surface area (Å²) in [7, 11) is 0. The maximum absolute atomic E-state index is 13.0. The Bertz CT molecular complexity index is 975. The lowest BCUT2D eigenvalue weighted by Gasteiger charge is -2.27. The van der Waals surface area contributed by atoms with E-state index in [9.17, 15) is 14.7 Å². The quantitative estimate of drug-likeness (QED) is 0.435. The first-order valence-electron chi connectivity index (χ1n) is 10.2. The van der Waals surface area contributed by atoms with E-state index in [1.165, 1.54) is 0 Å². The molecule has 156 valence electrons. The number of likely N-dealkylation sites (tertiary alicyclic amines) is 1. The van der Waals surface area contributed by atoms with Crippen LogP contribution < -0.4 is 0 Å². The van der Waals surface area contributed by atoms with Crippen LogP contribution in [0.5, 0.6) is 0 Å². The molecule has 0 radical (unpaired) electrons. The SMILES string of the molecule is CCc1ccc(C2/C(=C(/O)c3ccc(Cl)cc3)C(=O)C(=O)N2CC2CCCO2)cc1. The average Bonchev–Trinajstić information content (AvgIpc) is 3.36. The van der Waals surface area contributed by atoms with Crippen molar-refractivity contribution in [3.05, 3.63) is 75.8 Å². The van der Waals surface area contributed by atoms with Crippen LogP contribution in [0, 0.1) is 0 Å². The minimum atomic E-state index is -0.676. The number of hydrogen-bond acceptors (Lipinski definition) is 4. The Morgan fingerprint density at radius 2 is 1.83 bits per heavy atom. The van der Waals surface area contributed by atoms with Gasteiger partial charge in [-0.25, -0.2) is 0 Å². The maximum atomic E-state index is 13.0. The van der Waals surface area contributed by atoms with E-state index in [0.29, 0.717) is 23.7 Å². The summed E-state index contributed by atoms with van der Waals surface area (Å²) in [5, 5.41) is 11.5. The van der Waals surface area contributed by atoms with Crippen molar-refractivity contribution in [1.29, 1.82) is 0 Å².